The summed E-state index contributed by atoms with van der Waals surface area (Å²) in [5.74, 6) is 0.810. The first-order valence-electron chi connectivity index (χ1n) is 12.9. The fourth-order valence-electron chi connectivity index (χ4n) is 4.92. The number of aryl methyl sites for hydroxylation is 1. The first-order chi connectivity index (χ1) is 16.8. The van der Waals surface area contributed by atoms with E-state index in [-0.39, 0.29) is 24.5 Å². The molecule has 2 atom stereocenters. The molecule has 1 saturated heterocycles. The summed E-state index contributed by atoms with van der Waals surface area (Å²) >= 11 is 0. The van der Waals surface area contributed by atoms with E-state index in [9.17, 15) is 9.59 Å². The molecule has 0 spiro atoms. The molecule has 2 amide bonds. The fraction of sp³-hybridized carbons (Fsp3) is 0.704. The molecular weight excluding hydrogens is 448 g/mol. The lowest BCUT2D eigenvalue weighted by Gasteiger charge is -2.40. The van der Waals surface area contributed by atoms with Crippen LogP contribution in [0.2, 0.25) is 0 Å². The Morgan fingerprint density at radius 3 is 2.69 bits per heavy atom. The maximum Gasteiger partial charge on any atom is 0.410 e. The summed E-state index contributed by atoms with van der Waals surface area (Å²) in [5, 5.41) is 0. The minimum atomic E-state index is -0.671. The van der Waals surface area contributed by atoms with Gasteiger partial charge >= 0.3 is 6.09 Å². The lowest BCUT2D eigenvalue weighted by Crippen LogP contribution is -2.54. The number of carbonyl (C=O) groups excluding carboxylic acids is 2. The van der Waals surface area contributed by atoms with Crippen LogP contribution < -0.4 is 4.74 Å². The van der Waals surface area contributed by atoms with E-state index in [1.165, 1.54) is 11.1 Å². The smallest absolute Gasteiger partial charge is 0.410 e. The maximum atomic E-state index is 13.8. The Hall–Kier alpha value is -2.32. The predicted octanol–water partition coefficient (Wildman–Crippen LogP) is 4.11. The van der Waals surface area contributed by atoms with Gasteiger partial charge in [-0.15, -0.1) is 0 Å². The highest BCUT2D eigenvalue weighted by atomic mass is 16.6. The molecule has 1 aliphatic heterocycles. The number of morpholine rings is 1. The highest BCUT2D eigenvalue weighted by molar-refractivity contribution is 5.83. The van der Waals surface area contributed by atoms with Crippen LogP contribution in [-0.4, -0.2) is 79.6 Å². The molecular formula is C27H40N2O6. The highest BCUT2D eigenvalue weighted by Crippen LogP contribution is 2.42. The molecule has 8 nitrogen and oxygen atoms in total. The molecule has 2 fully saturated rings. The summed E-state index contributed by atoms with van der Waals surface area (Å²) in [7, 11) is 1.69. The molecule has 0 bridgehead atoms. The monoisotopic (exact) mass is 488 g/mol. The van der Waals surface area contributed by atoms with Crippen molar-refractivity contribution in [1.82, 2.24) is 9.80 Å². The molecule has 0 unspecified atom stereocenters. The largest absolute Gasteiger partial charge is 0.493 e. The zero-order valence-corrected chi connectivity index (χ0v) is 21.6. The number of hydrogen-bond donors (Lipinski definition) is 0. The highest BCUT2D eigenvalue weighted by Gasteiger charge is 2.44. The summed E-state index contributed by atoms with van der Waals surface area (Å²) in [6.07, 6.45) is 4.75. The van der Waals surface area contributed by atoms with E-state index >= 15 is 0 Å². The maximum absolute atomic E-state index is 13.8. The standard InChI is InChI=1S/C27H40N2O6/c1-27(2,3)35-26(31)28-13-16-34-24(18-28)25(30)29(20-10-11-20)23-8-5-7-19-9-12-21(17-22(19)23)33-15-6-14-32-4/h9,12,17,20,23-24H,5-8,10-11,13-16,18H2,1-4H3/t23-,24+/m0/s1. The van der Waals surface area contributed by atoms with Gasteiger partial charge < -0.3 is 28.7 Å². The molecule has 3 aliphatic rings. The molecule has 35 heavy (non-hydrogen) atoms. The van der Waals surface area contributed by atoms with Gasteiger partial charge in [0.15, 0.2) is 6.10 Å². The molecule has 0 aromatic heterocycles. The summed E-state index contributed by atoms with van der Waals surface area (Å²) in [6, 6.07) is 6.51. The van der Waals surface area contributed by atoms with Gasteiger partial charge in [-0.25, -0.2) is 4.79 Å². The lowest BCUT2D eigenvalue weighted by molar-refractivity contribution is -0.152. The number of fused-ring (bicyclic) bond motifs is 1. The molecule has 4 rings (SSSR count). The second kappa shape index (κ2) is 11.2. The quantitative estimate of drug-likeness (QED) is 0.513. The van der Waals surface area contributed by atoms with Crippen molar-refractivity contribution in [2.75, 3.05) is 40.0 Å². The summed E-state index contributed by atoms with van der Waals surface area (Å²) in [4.78, 5) is 30.1. The van der Waals surface area contributed by atoms with Crippen LogP contribution in [0.4, 0.5) is 4.79 Å². The van der Waals surface area contributed by atoms with Gasteiger partial charge in [-0.3, -0.25) is 4.79 Å². The molecule has 8 heteroatoms. The van der Waals surface area contributed by atoms with Crippen molar-refractivity contribution in [3.8, 4) is 5.75 Å². The second-order valence-corrected chi connectivity index (χ2v) is 10.7. The van der Waals surface area contributed by atoms with Gasteiger partial charge in [0.25, 0.3) is 5.91 Å². The van der Waals surface area contributed by atoms with Gasteiger partial charge in [-0.2, -0.15) is 0 Å². The molecule has 1 aromatic rings. The van der Waals surface area contributed by atoms with Gasteiger partial charge in [0, 0.05) is 32.7 Å². The van der Waals surface area contributed by atoms with Crippen molar-refractivity contribution in [2.24, 2.45) is 0 Å². The number of methoxy groups -OCH3 is 1. The molecule has 0 radical (unpaired) electrons. The number of nitrogens with zero attached hydrogens (tertiary/aromatic N) is 2. The van der Waals surface area contributed by atoms with Crippen molar-refractivity contribution in [1.29, 1.82) is 0 Å². The number of benzene rings is 1. The van der Waals surface area contributed by atoms with Crippen LogP contribution in [0, 0.1) is 0 Å². The zero-order valence-electron chi connectivity index (χ0n) is 21.6. The summed E-state index contributed by atoms with van der Waals surface area (Å²) in [6.45, 7) is 7.78. The Kier molecular flexibility index (Phi) is 8.22. The topological polar surface area (TPSA) is 77.5 Å². The first kappa shape index (κ1) is 25.8. The Morgan fingerprint density at radius 1 is 1.17 bits per heavy atom. The minimum Gasteiger partial charge on any atom is -0.493 e. The van der Waals surface area contributed by atoms with Crippen molar-refractivity contribution in [3.05, 3.63) is 29.3 Å². The van der Waals surface area contributed by atoms with Crippen LogP contribution in [0.15, 0.2) is 18.2 Å². The van der Waals surface area contributed by atoms with Crippen LogP contribution >= 0.6 is 0 Å². The number of amides is 2. The lowest BCUT2D eigenvalue weighted by atomic mass is 9.86. The van der Waals surface area contributed by atoms with Gasteiger partial charge in [0.2, 0.25) is 0 Å². The van der Waals surface area contributed by atoms with E-state index in [0.29, 0.717) is 26.4 Å². The number of hydrogen-bond acceptors (Lipinski definition) is 6. The van der Waals surface area contributed by atoms with Crippen LogP contribution in [-0.2, 0) is 25.4 Å². The third-order valence-corrected chi connectivity index (χ3v) is 6.69. The molecule has 194 valence electrons. The average Bonchev–Trinajstić information content (AvgIpc) is 3.66. The van der Waals surface area contributed by atoms with E-state index in [1.54, 1.807) is 12.0 Å². The third-order valence-electron chi connectivity index (χ3n) is 6.69. The van der Waals surface area contributed by atoms with E-state index < -0.39 is 17.8 Å². The minimum absolute atomic E-state index is 0.00165. The van der Waals surface area contributed by atoms with E-state index in [0.717, 1.165) is 44.3 Å². The van der Waals surface area contributed by atoms with Crippen LogP contribution in [0.1, 0.15) is 70.0 Å². The van der Waals surface area contributed by atoms with Crippen LogP contribution in [0.3, 0.4) is 0 Å². The Balaban J connectivity index is 1.49. The second-order valence-electron chi connectivity index (χ2n) is 10.7. The van der Waals surface area contributed by atoms with E-state index in [4.69, 9.17) is 18.9 Å². The molecule has 1 saturated carbocycles. The molecule has 1 aromatic carbocycles. The fourth-order valence-corrected chi connectivity index (χ4v) is 4.92. The van der Waals surface area contributed by atoms with Crippen LogP contribution in [0.25, 0.3) is 0 Å². The Labute approximate surface area is 208 Å². The first-order valence-corrected chi connectivity index (χ1v) is 12.9. The van der Waals surface area contributed by atoms with Crippen molar-refractivity contribution >= 4 is 12.0 Å². The van der Waals surface area contributed by atoms with Gasteiger partial charge in [-0.1, -0.05) is 6.07 Å². The van der Waals surface area contributed by atoms with E-state index in [2.05, 4.69) is 17.0 Å². The van der Waals surface area contributed by atoms with Gasteiger partial charge in [-0.05, 0) is 76.1 Å². The summed E-state index contributed by atoms with van der Waals surface area (Å²) < 4.78 is 22.5. The molecule has 2 aliphatic carbocycles. The third kappa shape index (κ3) is 6.67. The zero-order chi connectivity index (χ0) is 25.0. The summed E-state index contributed by atoms with van der Waals surface area (Å²) in [5.41, 5.74) is 1.88. The van der Waals surface area contributed by atoms with E-state index in [1.807, 2.05) is 26.8 Å². The molecule has 1 heterocycles. The van der Waals surface area contributed by atoms with Gasteiger partial charge in [0.05, 0.1) is 25.8 Å². The number of rotatable bonds is 8. The normalized spacial score (nSPS) is 22.3. The van der Waals surface area contributed by atoms with Crippen molar-refractivity contribution < 1.29 is 28.5 Å². The SMILES string of the molecule is COCCCOc1ccc2c(c1)[C@@H](N(C(=O)[C@H]1CN(C(=O)OC(C)(C)C)CCO1)C1CC1)CCC2. The Morgan fingerprint density at radius 2 is 1.97 bits per heavy atom. The Bertz CT molecular complexity index is 894. The average molecular weight is 489 g/mol. The molecule has 0 N–H and O–H groups in total. The number of carbonyl (C=O) groups is 2. The van der Waals surface area contributed by atoms with Crippen molar-refractivity contribution in [3.63, 3.8) is 0 Å². The van der Waals surface area contributed by atoms with Crippen LogP contribution in [0.5, 0.6) is 5.75 Å². The van der Waals surface area contributed by atoms with Crippen molar-refractivity contribution in [2.45, 2.75) is 83.1 Å². The number of ether oxygens (including phenoxy) is 4. The van der Waals surface area contributed by atoms with Gasteiger partial charge in [0.1, 0.15) is 11.4 Å². The predicted molar refractivity (Wildman–Crippen MR) is 132 cm³/mol.